The van der Waals surface area contributed by atoms with Crippen molar-refractivity contribution in [3.05, 3.63) is 56.5 Å². The highest BCUT2D eigenvalue weighted by atomic mass is 16.3. The van der Waals surface area contributed by atoms with Gasteiger partial charge in [-0.05, 0) is 44.4 Å². The van der Waals surface area contributed by atoms with Gasteiger partial charge in [-0.15, -0.1) is 0 Å². The number of nitrogens with zero attached hydrogens (tertiary/aromatic N) is 4. The molecule has 0 bridgehead atoms. The highest BCUT2D eigenvalue weighted by Crippen LogP contribution is 2.18. The third-order valence-corrected chi connectivity index (χ3v) is 6.26. The second-order valence-corrected chi connectivity index (χ2v) is 8.69. The number of imidazole rings is 1. The SMILES string of the molecule is CCCCn1c(=O)[nH]c(=O)c2c1nc(CNc1cccc(C(=O)N3CCCC(O)C3)c1)n2CC. The van der Waals surface area contributed by atoms with Crippen molar-refractivity contribution >= 4 is 22.8 Å². The van der Waals surface area contributed by atoms with Crippen molar-refractivity contribution in [2.24, 2.45) is 0 Å². The van der Waals surface area contributed by atoms with E-state index in [4.69, 9.17) is 0 Å². The van der Waals surface area contributed by atoms with Gasteiger partial charge in [0.15, 0.2) is 11.2 Å². The van der Waals surface area contributed by atoms with Crippen LogP contribution in [0.25, 0.3) is 11.2 Å². The van der Waals surface area contributed by atoms with Gasteiger partial charge in [-0.3, -0.25) is 19.1 Å². The number of aliphatic hydroxyl groups is 1. The zero-order chi connectivity index (χ0) is 24.2. The number of aromatic nitrogens is 4. The molecule has 0 saturated carbocycles. The third kappa shape index (κ3) is 4.77. The maximum atomic E-state index is 12.9. The highest BCUT2D eigenvalue weighted by molar-refractivity contribution is 5.95. The molecule has 0 aliphatic carbocycles. The summed E-state index contributed by atoms with van der Waals surface area (Å²) in [6.07, 6.45) is 2.77. The van der Waals surface area contributed by atoms with Crippen LogP contribution in [0.3, 0.4) is 0 Å². The van der Waals surface area contributed by atoms with Crippen LogP contribution >= 0.6 is 0 Å². The molecule has 1 saturated heterocycles. The number of anilines is 1. The minimum absolute atomic E-state index is 0.102. The lowest BCUT2D eigenvalue weighted by Crippen LogP contribution is -2.42. The Bertz CT molecular complexity index is 1290. The monoisotopic (exact) mass is 468 g/mol. The van der Waals surface area contributed by atoms with E-state index in [0.717, 1.165) is 31.4 Å². The number of β-amino-alcohol motifs (C(OH)–C–C–N with tert-alkyl or cyclic N) is 1. The van der Waals surface area contributed by atoms with Crippen LogP contribution in [0.15, 0.2) is 33.9 Å². The number of unbranched alkanes of at least 4 members (excludes halogenated alkanes) is 1. The Morgan fingerprint density at radius 1 is 1.26 bits per heavy atom. The number of carbonyl (C=O) groups excluding carboxylic acids is 1. The Morgan fingerprint density at radius 3 is 2.82 bits per heavy atom. The van der Waals surface area contributed by atoms with Crippen LogP contribution in [0.2, 0.25) is 0 Å². The zero-order valence-electron chi connectivity index (χ0n) is 19.7. The molecule has 34 heavy (non-hydrogen) atoms. The van der Waals surface area contributed by atoms with Gasteiger partial charge in [0.2, 0.25) is 0 Å². The number of hydrogen-bond acceptors (Lipinski definition) is 6. The summed E-state index contributed by atoms with van der Waals surface area (Å²) < 4.78 is 3.34. The Morgan fingerprint density at radius 2 is 2.09 bits per heavy atom. The second-order valence-electron chi connectivity index (χ2n) is 8.69. The average Bonchev–Trinajstić information content (AvgIpc) is 3.21. The molecule has 1 fully saturated rings. The minimum atomic E-state index is -0.473. The average molecular weight is 469 g/mol. The summed E-state index contributed by atoms with van der Waals surface area (Å²) in [6, 6.07) is 7.23. The molecule has 4 rings (SSSR count). The number of H-pyrrole nitrogens is 1. The molecule has 0 radical (unpaired) electrons. The van der Waals surface area contributed by atoms with Crippen LogP contribution in [0.4, 0.5) is 5.69 Å². The summed E-state index contributed by atoms with van der Waals surface area (Å²) in [5, 5.41) is 13.2. The summed E-state index contributed by atoms with van der Waals surface area (Å²) in [6.45, 7) is 6.31. The van der Waals surface area contributed by atoms with Crippen molar-refractivity contribution in [1.82, 2.24) is 24.0 Å². The molecule has 3 N–H and O–H groups in total. The molecule has 10 nitrogen and oxygen atoms in total. The molecule has 3 heterocycles. The third-order valence-electron chi connectivity index (χ3n) is 6.26. The molecule has 10 heteroatoms. The number of fused-ring (bicyclic) bond motifs is 1. The van der Waals surface area contributed by atoms with Gasteiger partial charge >= 0.3 is 5.69 Å². The Hall–Kier alpha value is -3.40. The van der Waals surface area contributed by atoms with Crippen molar-refractivity contribution in [3.8, 4) is 0 Å². The lowest BCUT2D eigenvalue weighted by Gasteiger charge is -2.30. The van der Waals surface area contributed by atoms with Crippen molar-refractivity contribution < 1.29 is 9.90 Å². The van der Waals surface area contributed by atoms with Crippen LogP contribution < -0.4 is 16.6 Å². The number of hydrogen-bond donors (Lipinski definition) is 3. The summed E-state index contributed by atoms with van der Waals surface area (Å²) in [4.78, 5) is 46.6. The van der Waals surface area contributed by atoms with Crippen LogP contribution in [-0.4, -0.2) is 54.2 Å². The van der Waals surface area contributed by atoms with Gasteiger partial charge in [0.1, 0.15) is 5.82 Å². The zero-order valence-corrected chi connectivity index (χ0v) is 19.7. The maximum Gasteiger partial charge on any atom is 0.330 e. The van der Waals surface area contributed by atoms with Gasteiger partial charge < -0.3 is 19.9 Å². The van der Waals surface area contributed by atoms with E-state index in [2.05, 4.69) is 15.3 Å². The number of aliphatic hydroxyl groups excluding tert-OH is 1. The molecule has 1 atom stereocenters. The molecule has 1 aromatic carbocycles. The normalized spacial score (nSPS) is 16.2. The van der Waals surface area contributed by atoms with Crippen LogP contribution in [0.5, 0.6) is 0 Å². The Labute approximate surface area is 197 Å². The molecule has 1 aliphatic rings. The number of piperidine rings is 1. The first-order valence-electron chi connectivity index (χ1n) is 12.0. The van der Waals surface area contributed by atoms with E-state index in [1.54, 1.807) is 17.0 Å². The fourth-order valence-electron chi connectivity index (χ4n) is 4.48. The first-order valence-corrected chi connectivity index (χ1v) is 12.0. The van der Waals surface area contributed by atoms with Gasteiger partial charge in [-0.25, -0.2) is 9.78 Å². The molecule has 1 unspecified atom stereocenters. The fourth-order valence-corrected chi connectivity index (χ4v) is 4.48. The summed E-state index contributed by atoms with van der Waals surface area (Å²) in [7, 11) is 0. The number of likely N-dealkylation sites (tertiary alicyclic amines) is 1. The highest BCUT2D eigenvalue weighted by Gasteiger charge is 2.23. The molecule has 182 valence electrons. The van der Waals surface area contributed by atoms with E-state index in [1.807, 2.05) is 30.5 Å². The number of nitrogens with one attached hydrogen (secondary N) is 2. The molecule has 1 aliphatic heterocycles. The molecule has 2 aromatic heterocycles. The Kier molecular flexibility index (Phi) is 7.16. The van der Waals surface area contributed by atoms with Crippen molar-refractivity contribution in [2.45, 2.75) is 65.3 Å². The van der Waals surface area contributed by atoms with E-state index in [9.17, 15) is 19.5 Å². The first kappa shape index (κ1) is 23.7. The number of rotatable bonds is 8. The fraction of sp³-hybridized carbons (Fsp3) is 0.500. The molecule has 3 aromatic rings. The number of aromatic amines is 1. The number of carbonyl (C=O) groups is 1. The molecule has 0 spiro atoms. The van der Waals surface area contributed by atoms with Crippen LogP contribution in [-0.2, 0) is 19.6 Å². The van der Waals surface area contributed by atoms with Crippen molar-refractivity contribution in [3.63, 3.8) is 0 Å². The predicted octanol–water partition coefficient (Wildman–Crippen LogP) is 1.92. The van der Waals surface area contributed by atoms with Crippen LogP contribution in [0, 0.1) is 0 Å². The van der Waals surface area contributed by atoms with Gasteiger partial charge in [0.05, 0.1) is 12.6 Å². The minimum Gasteiger partial charge on any atom is -0.391 e. The Balaban J connectivity index is 1.58. The van der Waals surface area contributed by atoms with E-state index < -0.39 is 17.4 Å². The first-order chi connectivity index (χ1) is 16.4. The maximum absolute atomic E-state index is 12.9. The van der Waals surface area contributed by atoms with E-state index in [-0.39, 0.29) is 5.91 Å². The summed E-state index contributed by atoms with van der Waals surface area (Å²) in [5.74, 6) is 0.532. The predicted molar refractivity (Wildman–Crippen MR) is 130 cm³/mol. The van der Waals surface area contributed by atoms with Crippen LogP contribution in [0.1, 0.15) is 55.7 Å². The number of amides is 1. The van der Waals surface area contributed by atoms with Gasteiger partial charge in [-0.2, -0.15) is 0 Å². The van der Waals surface area contributed by atoms with Gasteiger partial charge in [-0.1, -0.05) is 19.4 Å². The molecular formula is C24H32N6O4. The van der Waals surface area contributed by atoms with E-state index in [1.165, 1.54) is 4.57 Å². The van der Waals surface area contributed by atoms with Crippen molar-refractivity contribution in [1.29, 1.82) is 0 Å². The van der Waals surface area contributed by atoms with E-state index >= 15 is 0 Å². The lowest BCUT2D eigenvalue weighted by atomic mass is 10.1. The summed E-state index contributed by atoms with van der Waals surface area (Å²) >= 11 is 0. The molecule has 1 amide bonds. The van der Waals surface area contributed by atoms with E-state index in [0.29, 0.717) is 55.3 Å². The summed E-state index contributed by atoms with van der Waals surface area (Å²) in [5.41, 5.74) is 1.20. The lowest BCUT2D eigenvalue weighted by molar-refractivity contribution is 0.0474. The largest absolute Gasteiger partial charge is 0.391 e. The topological polar surface area (TPSA) is 125 Å². The quantitative estimate of drug-likeness (QED) is 0.464. The standard InChI is InChI=1S/C24H32N6O4/c1-3-5-12-30-21-20(22(32)27-24(30)34)29(4-2)19(26-21)14-25-17-9-6-8-16(13-17)23(33)28-11-7-10-18(31)15-28/h6,8-9,13,18,25,31H,3-5,7,10-12,14-15H2,1-2H3,(H,27,32,34). The molecular weight excluding hydrogens is 436 g/mol. The van der Waals surface area contributed by atoms with Crippen molar-refractivity contribution in [2.75, 3.05) is 18.4 Å². The second kappa shape index (κ2) is 10.3. The number of aryl methyl sites for hydroxylation is 2. The van der Waals surface area contributed by atoms with Gasteiger partial charge in [0.25, 0.3) is 11.5 Å². The smallest absolute Gasteiger partial charge is 0.330 e. The van der Waals surface area contributed by atoms with Gasteiger partial charge in [0, 0.05) is 37.4 Å². The number of benzene rings is 1.